The predicted octanol–water partition coefficient (Wildman–Crippen LogP) is 2.09. The minimum Gasteiger partial charge on any atom is -0.493 e. The summed E-state index contributed by atoms with van der Waals surface area (Å²) in [5, 5.41) is 2.73. The van der Waals surface area contributed by atoms with Crippen molar-refractivity contribution in [1.29, 1.82) is 0 Å². The predicted molar refractivity (Wildman–Crippen MR) is 90.2 cm³/mol. The fraction of sp³-hybridized carbons (Fsp3) is 0.562. The summed E-state index contributed by atoms with van der Waals surface area (Å²) in [6.45, 7) is -1.57. The third-order valence-electron chi connectivity index (χ3n) is 3.99. The van der Waals surface area contributed by atoms with Crippen LogP contribution in [-0.2, 0) is 16.1 Å². The number of ether oxygens (including phenoxy) is 3. The average molecular weight is 381 g/mol. The zero-order chi connectivity index (χ0) is 17.5. The van der Waals surface area contributed by atoms with E-state index in [1.807, 2.05) is 0 Å². The molecule has 0 spiro atoms. The first-order valence-corrected chi connectivity index (χ1v) is 7.74. The van der Waals surface area contributed by atoms with Gasteiger partial charge in [0.05, 0.1) is 13.2 Å². The van der Waals surface area contributed by atoms with E-state index >= 15 is 0 Å². The van der Waals surface area contributed by atoms with E-state index in [-0.39, 0.29) is 42.3 Å². The molecule has 1 aromatic carbocycles. The molecule has 1 atom stereocenters. The van der Waals surface area contributed by atoms with Gasteiger partial charge in [-0.2, -0.15) is 8.78 Å². The van der Waals surface area contributed by atoms with Crippen molar-refractivity contribution in [1.82, 2.24) is 5.32 Å². The summed E-state index contributed by atoms with van der Waals surface area (Å²) in [6, 6.07) is 3.98. The largest absolute Gasteiger partial charge is 0.493 e. The van der Waals surface area contributed by atoms with E-state index in [2.05, 4.69) is 10.1 Å². The van der Waals surface area contributed by atoms with Crippen LogP contribution >= 0.6 is 12.4 Å². The number of rotatable bonds is 7. The zero-order valence-electron chi connectivity index (χ0n) is 13.9. The molecule has 1 amide bonds. The molecule has 0 saturated carbocycles. The van der Waals surface area contributed by atoms with E-state index in [9.17, 15) is 13.6 Å². The van der Waals surface area contributed by atoms with E-state index in [4.69, 9.17) is 15.2 Å². The van der Waals surface area contributed by atoms with Crippen LogP contribution in [-0.4, -0.2) is 38.9 Å². The number of halogens is 3. The summed E-state index contributed by atoms with van der Waals surface area (Å²) in [7, 11) is 1.36. The van der Waals surface area contributed by atoms with Gasteiger partial charge >= 0.3 is 6.61 Å². The van der Waals surface area contributed by atoms with Gasteiger partial charge in [-0.15, -0.1) is 12.4 Å². The molecule has 1 unspecified atom stereocenters. The number of benzene rings is 1. The van der Waals surface area contributed by atoms with Gasteiger partial charge in [-0.25, -0.2) is 0 Å². The Kier molecular flexibility index (Phi) is 8.88. The Balaban J connectivity index is 0.00000312. The average Bonchev–Trinajstić information content (AvgIpc) is 2.59. The van der Waals surface area contributed by atoms with E-state index in [0.717, 1.165) is 12.8 Å². The SMILES string of the molecule is COc1ccc(CNC(=O)C(N)C2CCOCC2)cc1OC(F)F.Cl. The first kappa shape index (κ1) is 21.4. The number of carbonyl (C=O) groups excluding carboxylic acids is 1. The summed E-state index contributed by atoms with van der Waals surface area (Å²) in [5.74, 6) is -0.0568. The van der Waals surface area contributed by atoms with Gasteiger partial charge in [0.1, 0.15) is 0 Å². The molecular weight excluding hydrogens is 358 g/mol. The van der Waals surface area contributed by atoms with E-state index in [1.165, 1.54) is 19.2 Å². The lowest BCUT2D eigenvalue weighted by Gasteiger charge is -2.26. The molecule has 0 radical (unpaired) electrons. The second kappa shape index (κ2) is 10.4. The van der Waals surface area contributed by atoms with Crippen LogP contribution in [0.5, 0.6) is 11.5 Å². The Morgan fingerprint density at radius 3 is 2.64 bits per heavy atom. The van der Waals surface area contributed by atoms with Crippen molar-refractivity contribution in [3.8, 4) is 11.5 Å². The number of nitrogens with one attached hydrogen (secondary N) is 1. The van der Waals surface area contributed by atoms with E-state index in [0.29, 0.717) is 18.8 Å². The van der Waals surface area contributed by atoms with Gasteiger partial charge < -0.3 is 25.3 Å². The van der Waals surface area contributed by atoms with Crippen LogP contribution in [0.3, 0.4) is 0 Å². The highest BCUT2D eigenvalue weighted by Crippen LogP contribution is 2.29. The molecule has 1 saturated heterocycles. The lowest BCUT2D eigenvalue weighted by atomic mass is 9.92. The maximum Gasteiger partial charge on any atom is 0.387 e. The van der Waals surface area contributed by atoms with Crippen LogP contribution in [0, 0.1) is 5.92 Å². The van der Waals surface area contributed by atoms with Crippen LogP contribution in [0.2, 0.25) is 0 Å². The molecule has 0 aromatic heterocycles. The minimum atomic E-state index is -2.95. The number of amides is 1. The fourth-order valence-electron chi connectivity index (χ4n) is 2.62. The number of methoxy groups -OCH3 is 1. The Hall–Kier alpha value is -1.64. The standard InChI is InChI=1S/C16H22F2N2O4.ClH/c1-22-12-3-2-10(8-13(12)24-16(17)18)9-20-15(21)14(19)11-4-6-23-7-5-11;/h2-3,8,11,14,16H,4-7,9,19H2,1H3,(H,20,21);1H. The molecule has 0 bridgehead atoms. The number of hydrogen-bond acceptors (Lipinski definition) is 5. The molecule has 25 heavy (non-hydrogen) atoms. The van der Waals surface area contributed by atoms with Crippen LogP contribution < -0.4 is 20.5 Å². The highest BCUT2D eigenvalue weighted by molar-refractivity contribution is 5.85. The van der Waals surface area contributed by atoms with Crippen LogP contribution in [0.15, 0.2) is 18.2 Å². The number of alkyl halides is 2. The molecule has 1 aliphatic heterocycles. The second-order valence-corrected chi connectivity index (χ2v) is 5.56. The summed E-state index contributed by atoms with van der Waals surface area (Å²) >= 11 is 0. The number of carbonyl (C=O) groups is 1. The van der Waals surface area contributed by atoms with Crippen LogP contribution in [0.4, 0.5) is 8.78 Å². The highest BCUT2D eigenvalue weighted by Gasteiger charge is 2.26. The van der Waals surface area contributed by atoms with Gasteiger partial charge in [0, 0.05) is 19.8 Å². The molecule has 6 nitrogen and oxygen atoms in total. The maximum absolute atomic E-state index is 12.4. The Morgan fingerprint density at radius 2 is 2.04 bits per heavy atom. The van der Waals surface area contributed by atoms with Crippen molar-refractivity contribution in [3.05, 3.63) is 23.8 Å². The van der Waals surface area contributed by atoms with Gasteiger partial charge in [-0.1, -0.05) is 6.07 Å². The monoisotopic (exact) mass is 380 g/mol. The quantitative estimate of drug-likeness (QED) is 0.756. The molecule has 1 aromatic rings. The van der Waals surface area contributed by atoms with Crippen molar-refractivity contribution in [3.63, 3.8) is 0 Å². The molecule has 1 heterocycles. The Bertz CT molecular complexity index is 557. The molecule has 3 N–H and O–H groups in total. The third-order valence-corrected chi connectivity index (χ3v) is 3.99. The van der Waals surface area contributed by atoms with Crippen molar-refractivity contribution in [2.75, 3.05) is 20.3 Å². The fourth-order valence-corrected chi connectivity index (χ4v) is 2.62. The lowest BCUT2D eigenvalue weighted by Crippen LogP contribution is -2.46. The smallest absolute Gasteiger partial charge is 0.387 e. The summed E-state index contributed by atoms with van der Waals surface area (Å²) < 4.78 is 39.5. The van der Waals surface area contributed by atoms with Gasteiger partial charge in [0.2, 0.25) is 5.91 Å². The second-order valence-electron chi connectivity index (χ2n) is 5.56. The molecule has 1 aliphatic rings. The summed E-state index contributed by atoms with van der Waals surface area (Å²) in [6.07, 6.45) is 1.51. The lowest BCUT2D eigenvalue weighted by molar-refractivity contribution is -0.124. The maximum atomic E-state index is 12.4. The first-order valence-electron chi connectivity index (χ1n) is 7.74. The van der Waals surface area contributed by atoms with Crippen molar-refractivity contribution in [2.24, 2.45) is 11.7 Å². The molecule has 9 heteroatoms. The van der Waals surface area contributed by atoms with E-state index in [1.54, 1.807) is 6.07 Å². The minimum absolute atomic E-state index is 0. The molecule has 142 valence electrons. The normalized spacial score (nSPS) is 16.0. The first-order chi connectivity index (χ1) is 11.5. The van der Waals surface area contributed by atoms with Crippen molar-refractivity contribution >= 4 is 18.3 Å². The summed E-state index contributed by atoms with van der Waals surface area (Å²) in [5.41, 5.74) is 6.60. The molecule has 1 fully saturated rings. The van der Waals surface area contributed by atoms with E-state index < -0.39 is 12.7 Å². The van der Waals surface area contributed by atoms with Crippen LogP contribution in [0.1, 0.15) is 18.4 Å². The van der Waals surface area contributed by atoms with Crippen LogP contribution in [0.25, 0.3) is 0 Å². The van der Waals surface area contributed by atoms with Gasteiger partial charge in [-0.05, 0) is 36.5 Å². The number of nitrogens with two attached hydrogens (primary N) is 1. The third kappa shape index (κ3) is 6.30. The Labute approximate surface area is 151 Å². The zero-order valence-corrected chi connectivity index (χ0v) is 14.7. The summed E-state index contributed by atoms with van der Waals surface area (Å²) in [4.78, 5) is 12.1. The Morgan fingerprint density at radius 1 is 1.36 bits per heavy atom. The molecule has 2 rings (SSSR count). The molecular formula is C16H23ClF2N2O4. The van der Waals surface area contributed by atoms with Crippen molar-refractivity contribution in [2.45, 2.75) is 32.0 Å². The van der Waals surface area contributed by atoms with Gasteiger partial charge in [-0.3, -0.25) is 4.79 Å². The van der Waals surface area contributed by atoms with Gasteiger partial charge in [0.25, 0.3) is 0 Å². The highest BCUT2D eigenvalue weighted by atomic mass is 35.5. The molecule has 0 aliphatic carbocycles. The van der Waals surface area contributed by atoms with Gasteiger partial charge in [0.15, 0.2) is 11.5 Å². The number of hydrogen-bond donors (Lipinski definition) is 2. The topological polar surface area (TPSA) is 82.8 Å². The van der Waals surface area contributed by atoms with Crippen molar-refractivity contribution < 1.29 is 27.8 Å².